The molecule has 1 aliphatic rings. The number of aliphatic hydroxyl groups excluding tert-OH is 1. The summed E-state index contributed by atoms with van der Waals surface area (Å²) in [6.45, 7) is 1.70. The van der Waals surface area contributed by atoms with Crippen LogP contribution in [0.15, 0.2) is 24.3 Å². The summed E-state index contributed by atoms with van der Waals surface area (Å²) in [6, 6.07) is 5.81. The molecule has 0 spiro atoms. The van der Waals surface area contributed by atoms with Crippen molar-refractivity contribution < 1.29 is 18.3 Å². The number of sulfone groups is 1. The molecular formula is C13H16ClNO4S. The molecule has 1 aliphatic heterocycles. The second-order valence-corrected chi connectivity index (χ2v) is 7.40. The average molecular weight is 318 g/mol. The number of benzene rings is 1. The Hall–Kier alpha value is -1.11. The molecule has 0 saturated carbocycles. The molecule has 1 aromatic rings. The molecule has 2 atom stereocenters. The number of carbonyl (C=O) groups excluding carboxylic acids is 1. The van der Waals surface area contributed by atoms with Gasteiger partial charge in [0.15, 0.2) is 9.84 Å². The van der Waals surface area contributed by atoms with Gasteiger partial charge in [0, 0.05) is 17.1 Å². The molecule has 0 aliphatic carbocycles. The second-order valence-electron chi connectivity index (χ2n) is 4.81. The predicted molar refractivity (Wildman–Crippen MR) is 77.7 cm³/mol. The molecule has 5 nitrogen and oxygen atoms in total. The summed E-state index contributed by atoms with van der Waals surface area (Å²) in [5.74, 6) is -0.755. The van der Waals surface area contributed by atoms with Gasteiger partial charge in [-0.2, -0.15) is 0 Å². The van der Waals surface area contributed by atoms with Crippen LogP contribution < -0.4 is 4.90 Å². The van der Waals surface area contributed by atoms with Crippen molar-refractivity contribution in [3.8, 4) is 0 Å². The number of rotatable bonds is 3. The Morgan fingerprint density at radius 1 is 1.35 bits per heavy atom. The Labute approximate surface area is 123 Å². The lowest BCUT2D eigenvalue weighted by molar-refractivity contribution is -0.119. The fraction of sp³-hybridized carbons (Fsp3) is 0.462. The highest BCUT2D eigenvalue weighted by atomic mass is 35.5. The van der Waals surface area contributed by atoms with Gasteiger partial charge in [-0.05, 0) is 24.3 Å². The largest absolute Gasteiger partial charge is 0.390 e. The smallest absolute Gasteiger partial charge is 0.227 e. The third kappa shape index (κ3) is 3.13. The van der Waals surface area contributed by atoms with Gasteiger partial charge in [0.1, 0.15) is 0 Å². The van der Waals surface area contributed by atoms with Gasteiger partial charge < -0.3 is 10.0 Å². The maximum atomic E-state index is 12.1. The van der Waals surface area contributed by atoms with Crippen molar-refractivity contribution in [1.82, 2.24) is 0 Å². The molecule has 1 aromatic carbocycles. The van der Waals surface area contributed by atoms with Crippen LogP contribution in [0.1, 0.15) is 13.3 Å². The number of carbonyl (C=O) groups is 1. The summed E-state index contributed by atoms with van der Waals surface area (Å²) >= 11 is 5.81. The minimum atomic E-state index is -3.32. The monoisotopic (exact) mass is 317 g/mol. The number of aliphatic hydroxyl groups is 1. The maximum absolute atomic E-state index is 12.1. The van der Waals surface area contributed by atoms with Crippen molar-refractivity contribution in [3.63, 3.8) is 0 Å². The predicted octanol–water partition coefficient (Wildman–Crippen LogP) is 1.24. The van der Waals surface area contributed by atoms with Crippen molar-refractivity contribution in [2.24, 2.45) is 0 Å². The number of anilines is 1. The minimum absolute atomic E-state index is 0.220. The van der Waals surface area contributed by atoms with Crippen LogP contribution >= 0.6 is 11.6 Å². The van der Waals surface area contributed by atoms with Gasteiger partial charge in [-0.25, -0.2) is 8.42 Å². The first kappa shape index (κ1) is 15.3. The van der Waals surface area contributed by atoms with Crippen LogP contribution in [-0.2, 0) is 14.6 Å². The molecule has 7 heteroatoms. The van der Waals surface area contributed by atoms with Crippen LogP contribution in [0.3, 0.4) is 0 Å². The van der Waals surface area contributed by atoms with Crippen molar-refractivity contribution in [2.45, 2.75) is 25.5 Å². The Balaban J connectivity index is 2.38. The molecule has 1 fully saturated rings. The van der Waals surface area contributed by atoms with Crippen LogP contribution in [0.5, 0.6) is 0 Å². The molecule has 20 heavy (non-hydrogen) atoms. The van der Waals surface area contributed by atoms with Crippen LogP contribution in [0.25, 0.3) is 0 Å². The number of hydrogen-bond donors (Lipinski definition) is 1. The lowest BCUT2D eigenvalue weighted by Gasteiger charge is -2.30. The van der Waals surface area contributed by atoms with E-state index in [-0.39, 0.29) is 23.8 Å². The molecule has 0 bridgehead atoms. The summed E-state index contributed by atoms with van der Waals surface area (Å²) in [6.07, 6.45) is -0.836. The number of nitrogens with zero attached hydrogens (tertiary/aromatic N) is 1. The summed E-state index contributed by atoms with van der Waals surface area (Å²) in [5, 5.41) is 10.5. The summed E-state index contributed by atoms with van der Waals surface area (Å²) in [5.41, 5.74) is 0.544. The molecule has 0 radical (unpaired) electrons. The molecule has 1 heterocycles. The topological polar surface area (TPSA) is 74.7 Å². The van der Waals surface area contributed by atoms with Crippen LogP contribution in [0.2, 0.25) is 5.02 Å². The first-order valence-electron chi connectivity index (χ1n) is 6.30. The second kappa shape index (κ2) is 5.71. The third-order valence-electron chi connectivity index (χ3n) is 3.30. The molecular weight excluding hydrogens is 302 g/mol. The zero-order chi connectivity index (χ0) is 14.9. The molecule has 0 unspecified atom stereocenters. The van der Waals surface area contributed by atoms with E-state index in [4.69, 9.17) is 11.6 Å². The Morgan fingerprint density at radius 3 is 2.40 bits per heavy atom. The molecule has 0 aromatic heterocycles. The van der Waals surface area contributed by atoms with E-state index in [1.165, 1.54) is 4.90 Å². The van der Waals surface area contributed by atoms with E-state index < -0.39 is 22.0 Å². The molecule has 110 valence electrons. The quantitative estimate of drug-likeness (QED) is 0.910. The standard InChI is InChI=1S/C13H16ClNO4S/c1-2-13(17)15(10-5-3-9(14)4-6-10)11-7-20(18,19)8-12(11)16/h3-6,11-12,16H,2,7-8H2,1H3/t11-,12+/m0/s1. The normalized spacial score (nSPS) is 24.6. The fourth-order valence-corrected chi connectivity index (χ4v) is 4.25. The summed E-state index contributed by atoms with van der Waals surface area (Å²) in [7, 11) is -3.32. The summed E-state index contributed by atoms with van der Waals surface area (Å²) < 4.78 is 23.3. The zero-order valence-electron chi connectivity index (χ0n) is 11.0. The maximum Gasteiger partial charge on any atom is 0.227 e. The Bertz CT molecular complexity index is 599. The number of amides is 1. The van der Waals surface area contributed by atoms with Gasteiger partial charge in [0.2, 0.25) is 5.91 Å². The van der Waals surface area contributed by atoms with Gasteiger partial charge in [0.05, 0.1) is 23.7 Å². The van der Waals surface area contributed by atoms with E-state index in [0.29, 0.717) is 10.7 Å². The van der Waals surface area contributed by atoms with E-state index in [1.54, 1.807) is 31.2 Å². The molecule has 1 amide bonds. The average Bonchev–Trinajstić information content (AvgIpc) is 2.65. The van der Waals surface area contributed by atoms with E-state index in [2.05, 4.69) is 0 Å². The first-order chi connectivity index (χ1) is 9.34. The Kier molecular flexibility index (Phi) is 4.36. The summed E-state index contributed by atoms with van der Waals surface area (Å²) in [4.78, 5) is 13.5. The highest BCUT2D eigenvalue weighted by Gasteiger charge is 2.42. The van der Waals surface area contributed by atoms with Crippen molar-refractivity contribution in [2.75, 3.05) is 16.4 Å². The molecule has 2 rings (SSSR count). The van der Waals surface area contributed by atoms with E-state index in [0.717, 1.165) is 0 Å². The van der Waals surface area contributed by atoms with Gasteiger partial charge >= 0.3 is 0 Å². The lowest BCUT2D eigenvalue weighted by atomic mass is 10.1. The zero-order valence-corrected chi connectivity index (χ0v) is 12.6. The fourth-order valence-electron chi connectivity index (χ4n) is 2.35. The SMILES string of the molecule is CCC(=O)N(c1ccc(Cl)cc1)[C@H]1CS(=O)(=O)C[C@H]1O. The van der Waals surface area contributed by atoms with E-state index >= 15 is 0 Å². The van der Waals surface area contributed by atoms with Crippen molar-refractivity contribution in [1.29, 1.82) is 0 Å². The van der Waals surface area contributed by atoms with Crippen molar-refractivity contribution >= 4 is 33.0 Å². The van der Waals surface area contributed by atoms with Gasteiger partial charge in [-0.15, -0.1) is 0 Å². The molecule has 1 saturated heterocycles. The highest BCUT2D eigenvalue weighted by Crippen LogP contribution is 2.26. The van der Waals surface area contributed by atoms with Gasteiger partial charge in [0.25, 0.3) is 0 Å². The number of halogens is 1. The number of hydrogen-bond acceptors (Lipinski definition) is 4. The van der Waals surface area contributed by atoms with Gasteiger partial charge in [-0.1, -0.05) is 18.5 Å². The molecule has 1 N–H and O–H groups in total. The van der Waals surface area contributed by atoms with Gasteiger partial charge in [-0.3, -0.25) is 4.79 Å². The van der Waals surface area contributed by atoms with Crippen LogP contribution in [-0.4, -0.2) is 43.1 Å². The van der Waals surface area contributed by atoms with E-state index in [1.807, 2.05) is 0 Å². The Morgan fingerprint density at radius 2 is 1.95 bits per heavy atom. The van der Waals surface area contributed by atoms with Crippen LogP contribution in [0.4, 0.5) is 5.69 Å². The first-order valence-corrected chi connectivity index (χ1v) is 8.50. The third-order valence-corrected chi connectivity index (χ3v) is 5.25. The lowest BCUT2D eigenvalue weighted by Crippen LogP contribution is -2.46. The van der Waals surface area contributed by atoms with Crippen molar-refractivity contribution in [3.05, 3.63) is 29.3 Å². The minimum Gasteiger partial charge on any atom is -0.390 e. The highest BCUT2D eigenvalue weighted by molar-refractivity contribution is 7.91. The van der Waals surface area contributed by atoms with Crippen LogP contribution in [0, 0.1) is 0 Å². The van der Waals surface area contributed by atoms with E-state index in [9.17, 15) is 18.3 Å².